The van der Waals surface area contributed by atoms with Crippen molar-refractivity contribution in [1.29, 1.82) is 0 Å². The Hall–Kier alpha value is -3.90. The highest BCUT2D eigenvalue weighted by atomic mass is 35.5. The number of nitrogens with one attached hydrogen (secondary N) is 1. The minimum Gasteiger partial charge on any atom is -0.464 e. The van der Waals surface area contributed by atoms with Gasteiger partial charge in [0.2, 0.25) is 0 Å². The van der Waals surface area contributed by atoms with Crippen LogP contribution in [0.1, 0.15) is 16.7 Å². The summed E-state index contributed by atoms with van der Waals surface area (Å²) in [5.41, 5.74) is 10.9. The minimum atomic E-state index is -0.310. The number of urea groups is 1. The maximum atomic E-state index is 14.0. The number of nitrogens with zero attached hydrogens (tertiary/aromatic N) is 5. The fourth-order valence-electron chi connectivity index (χ4n) is 7.60. The number of benzene rings is 3. The first kappa shape index (κ1) is 32.0. The van der Waals surface area contributed by atoms with Crippen LogP contribution in [0.3, 0.4) is 0 Å². The fraction of sp³-hybridized carbons (Fsp3) is 0.333. The number of ether oxygens (including phenoxy) is 2. The molecule has 256 valence electrons. The zero-order chi connectivity index (χ0) is 34.1. The normalized spacial score (nSPS) is 26.1. The molecular weight excluding hydrogens is 697 g/mol. The Bertz CT molecular complexity index is 2150. The van der Waals surface area contributed by atoms with Crippen molar-refractivity contribution in [2.24, 2.45) is 0 Å². The van der Waals surface area contributed by atoms with Crippen molar-refractivity contribution in [3.8, 4) is 12.3 Å². The lowest BCUT2D eigenvalue weighted by molar-refractivity contribution is -0.128. The molecule has 4 aliphatic rings. The molecule has 3 N–H and O–H groups in total. The van der Waals surface area contributed by atoms with Crippen molar-refractivity contribution in [3.63, 3.8) is 0 Å². The summed E-state index contributed by atoms with van der Waals surface area (Å²) in [4.78, 5) is 23.4. The lowest BCUT2D eigenvalue weighted by Crippen LogP contribution is -2.68. The number of carbonyl (C=O) groups is 1. The second kappa shape index (κ2) is 12.7. The Morgan fingerprint density at radius 2 is 1.96 bits per heavy atom. The van der Waals surface area contributed by atoms with Crippen molar-refractivity contribution < 1.29 is 18.7 Å². The molecule has 0 saturated carbocycles. The van der Waals surface area contributed by atoms with Gasteiger partial charge in [0.05, 0.1) is 45.8 Å². The van der Waals surface area contributed by atoms with E-state index in [2.05, 4.69) is 49.2 Å². The summed E-state index contributed by atoms with van der Waals surface area (Å²) in [7, 11) is 0. The number of hydrazine groups is 1. The number of rotatable bonds is 8. The minimum absolute atomic E-state index is 0.0326. The van der Waals surface area contributed by atoms with Crippen LogP contribution >= 0.6 is 34.5 Å². The number of nitrogen functional groups attached to an aromatic ring is 1. The average molecular weight is 731 g/mol. The number of epoxide rings is 2. The zero-order valence-electron chi connectivity index (χ0n) is 26.7. The van der Waals surface area contributed by atoms with Gasteiger partial charge in [-0.2, -0.15) is 5.01 Å². The van der Waals surface area contributed by atoms with Gasteiger partial charge in [0.1, 0.15) is 30.2 Å². The van der Waals surface area contributed by atoms with Crippen molar-refractivity contribution in [2.45, 2.75) is 56.4 Å². The Labute approximate surface area is 302 Å². The number of furan rings is 1. The van der Waals surface area contributed by atoms with E-state index in [1.54, 1.807) is 23.4 Å². The molecule has 5 aromatic rings. The Balaban J connectivity index is 1.05. The molecule has 3 aromatic carbocycles. The second-order valence-corrected chi connectivity index (χ2v) is 15.0. The molecule has 2 amide bonds. The number of hydrogen-bond donors (Lipinski definition) is 2. The van der Waals surface area contributed by atoms with E-state index < -0.39 is 0 Å². The third-order valence-corrected chi connectivity index (χ3v) is 11.6. The van der Waals surface area contributed by atoms with Crippen molar-refractivity contribution in [3.05, 3.63) is 93.7 Å². The van der Waals surface area contributed by atoms with Gasteiger partial charge in [-0.3, -0.25) is 9.80 Å². The number of nitrogens with two attached hydrogens (primary N) is 1. The highest BCUT2D eigenvalue weighted by molar-refractivity contribution is 7.22. The molecule has 0 spiro atoms. The van der Waals surface area contributed by atoms with Crippen LogP contribution in [-0.4, -0.2) is 87.3 Å². The van der Waals surface area contributed by atoms with E-state index in [0.29, 0.717) is 34.8 Å². The van der Waals surface area contributed by atoms with Crippen molar-refractivity contribution >= 4 is 66.9 Å². The number of hydrogen-bond acceptors (Lipinski definition) is 10. The first-order valence-electron chi connectivity index (χ1n) is 16.5. The fourth-order valence-corrected chi connectivity index (χ4v) is 8.71. The summed E-state index contributed by atoms with van der Waals surface area (Å²) in [6.07, 6.45) is 7.72. The molecule has 4 fully saturated rings. The Kier molecular flexibility index (Phi) is 8.14. The maximum absolute atomic E-state index is 14.0. The number of thiazole rings is 1. The van der Waals surface area contributed by atoms with E-state index in [-0.39, 0.29) is 56.0 Å². The van der Waals surface area contributed by atoms with Crippen LogP contribution in [-0.2, 0) is 29.0 Å². The Morgan fingerprint density at radius 1 is 1.08 bits per heavy atom. The summed E-state index contributed by atoms with van der Waals surface area (Å²) in [5.74, 6) is 2.72. The molecule has 4 saturated heterocycles. The van der Waals surface area contributed by atoms with Crippen LogP contribution < -0.4 is 11.1 Å². The lowest BCUT2D eigenvalue weighted by Gasteiger charge is -2.48. The summed E-state index contributed by atoms with van der Waals surface area (Å²) in [6, 6.07) is 19.4. The number of carbonyl (C=O) groups excluding carboxylic acids is 1. The summed E-state index contributed by atoms with van der Waals surface area (Å²) >= 11 is 13.9. The van der Waals surface area contributed by atoms with Gasteiger partial charge in [0, 0.05) is 31.1 Å². The molecule has 11 nitrogen and oxygen atoms in total. The number of fused-ring (bicyclic) bond motifs is 6. The zero-order valence-corrected chi connectivity index (χ0v) is 29.1. The number of anilines is 1. The Morgan fingerprint density at radius 3 is 2.82 bits per heavy atom. The molecule has 4 aliphatic heterocycles. The predicted molar refractivity (Wildman–Crippen MR) is 192 cm³/mol. The van der Waals surface area contributed by atoms with Crippen molar-refractivity contribution in [1.82, 2.24) is 30.1 Å². The number of amides is 2. The number of para-hydroxylation sites is 1. The third-order valence-electron chi connectivity index (χ3n) is 9.99. The van der Waals surface area contributed by atoms with Gasteiger partial charge in [-0.1, -0.05) is 64.7 Å². The van der Waals surface area contributed by atoms with Gasteiger partial charge in [0.25, 0.3) is 0 Å². The number of terminal acetylenes is 1. The quantitative estimate of drug-likeness (QED) is 0.157. The van der Waals surface area contributed by atoms with Crippen LogP contribution in [0, 0.1) is 12.3 Å². The van der Waals surface area contributed by atoms with E-state index in [0.717, 1.165) is 38.7 Å². The topological polar surface area (TPSA) is 119 Å². The summed E-state index contributed by atoms with van der Waals surface area (Å²) in [5, 5.41) is 9.25. The molecule has 0 aliphatic carbocycles. The van der Waals surface area contributed by atoms with Gasteiger partial charge in [-0.05, 0) is 59.5 Å². The van der Waals surface area contributed by atoms with Crippen LogP contribution in [0.15, 0.2) is 71.3 Å². The van der Waals surface area contributed by atoms with E-state index in [9.17, 15) is 4.79 Å². The predicted octanol–water partition coefficient (Wildman–Crippen LogP) is 5.51. The molecule has 2 aromatic heterocycles. The molecule has 0 bridgehead atoms. The molecule has 9 rings (SSSR count). The highest BCUT2D eigenvalue weighted by Crippen LogP contribution is 2.46. The van der Waals surface area contributed by atoms with Crippen LogP contribution in [0.5, 0.6) is 0 Å². The van der Waals surface area contributed by atoms with E-state index >= 15 is 0 Å². The third kappa shape index (κ3) is 5.87. The monoisotopic (exact) mass is 729 g/mol. The largest absolute Gasteiger partial charge is 0.464 e. The number of aromatic nitrogens is 1. The van der Waals surface area contributed by atoms with Crippen molar-refractivity contribution in [2.75, 3.05) is 25.4 Å². The second-order valence-electron chi connectivity index (χ2n) is 13.1. The van der Waals surface area contributed by atoms with E-state index in [4.69, 9.17) is 49.2 Å². The molecule has 50 heavy (non-hydrogen) atoms. The SMILES string of the molecule is C#CCN(C(=O)NCc1ccc(Cl)c(Cl)c1)N1CC2OC2N2[C@@H](Cc3ccc4occc4c3)C3OC3N(Cc3cccc4sc(N)nc34)C[C@@H]21. The van der Waals surface area contributed by atoms with Gasteiger partial charge >= 0.3 is 6.03 Å². The van der Waals surface area contributed by atoms with Gasteiger partial charge in [-0.25, -0.2) is 14.8 Å². The number of halogens is 2. The molecule has 14 heteroatoms. The molecule has 4 unspecified atom stereocenters. The first-order chi connectivity index (χ1) is 24.3. The standard InChI is InChI=1S/C36H33Cl2N7O4S/c1-2-11-43(36(46)40-16-21-6-8-24(37)25(38)14-21)44-18-28-33(48-28)45-26(15-20-7-9-27-22(13-20)10-12-47-27)32-34(49-32)42(19-30(44)45)17-23-4-3-5-29-31(23)41-35(39)50-29/h1,3-10,12-14,26,28,30,32-34H,11,15-19H2,(H2,39,41)(H,40,46)/t26-,28?,30+,32?,33?,34?/m0/s1. The van der Waals surface area contributed by atoms with Crippen LogP contribution in [0.2, 0.25) is 10.0 Å². The molecule has 6 atom stereocenters. The molecule has 6 heterocycles. The smallest absolute Gasteiger partial charge is 0.333 e. The summed E-state index contributed by atoms with van der Waals surface area (Å²) < 4.78 is 19.5. The maximum Gasteiger partial charge on any atom is 0.333 e. The molecular formula is C36H33Cl2N7O4S. The van der Waals surface area contributed by atoms with E-state index in [1.807, 2.05) is 30.3 Å². The highest BCUT2D eigenvalue weighted by Gasteiger charge is 2.64. The van der Waals surface area contributed by atoms with Gasteiger partial charge in [-0.15, -0.1) is 6.42 Å². The molecule has 0 radical (unpaired) electrons. The average Bonchev–Trinajstić information content (AvgIpc) is 3.98. The van der Waals surface area contributed by atoms with E-state index in [1.165, 1.54) is 16.9 Å². The van der Waals surface area contributed by atoms with Gasteiger partial charge < -0.3 is 24.9 Å². The lowest BCUT2D eigenvalue weighted by atomic mass is 9.99. The van der Waals surface area contributed by atoms with Crippen LogP contribution in [0.4, 0.5) is 9.93 Å². The van der Waals surface area contributed by atoms with Crippen LogP contribution in [0.25, 0.3) is 21.2 Å². The first-order valence-corrected chi connectivity index (χ1v) is 18.0. The van der Waals surface area contributed by atoms with Gasteiger partial charge in [0.15, 0.2) is 5.13 Å². The summed E-state index contributed by atoms with van der Waals surface area (Å²) in [6.45, 7) is 2.02.